The molecule has 1 fully saturated rings. The first-order valence-electron chi connectivity index (χ1n) is 6.77. The van der Waals surface area contributed by atoms with Crippen LogP contribution >= 0.6 is 0 Å². The van der Waals surface area contributed by atoms with Crippen molar-refractivity contribution in [1.82, 2.24) is 10.7 Å². The fourth-order valence-electron chi connectivity index (χ4n) is 2.34. The Kier molecular flexibility index (Phi) is 5.88. The summed E-state index contributed by atoms with van der Waals surface area (Å²) in [5.74, 6) is 6.17. The average molecular weight is 256 g/mol. The van der Waals surface area contributed by atoms with Crippen molar-refractivity contribution < 1.29 is 4.74 Å². The van der Waals surface area contributed by atoms with Crippen LogP contribution in [0.25, 0.3) is 0 Å². The van der Waals surface area contributed by atoms with Crippen LogP contribution < -0.4 is 16.6 Å². The van der Waals surface area contributed by atoms with Gasteiger partial charge >= 0.3 is 0 Å². The van der Waals surface area contributed by atoms with Crippen molar-refractivity contribution in [3.05, 3.63) is 0 Å². The zero-order valence-electron chi connectivity index (χ0n) is 12.1. The highest BCUT2D eigenvalue weighted by molar-refractivity contribution is 5.79. The van der Waals surface area contributed by atoms with E-state index in [0.717, 1.165) is 12.8 Å². The average Bonchev–Trinajstić information content (AvgIpc) is 2.31. The minimum Gasteiger partial charge on any atom is -0.383 e. The lowest BCUT2D eigenvalue weighted by molar-refractivity contribution is 0.178. The number of nitrogens with two attached hydrogens (primary N) is 1. The summed E-state index contributed by atoms with van der Waals surface area (Å²) in [5.41, 5.74) is 3.11. The summed E-state index contributed by atoms with van der Waals surface area (Å²) in [5, 5.41) is 3.22. The molecule has 106 valence electrons. The zero-order valence-corrected chi connectivity index (χ0v) is 12.1. The number of hydrogen-bond acceptors (Lipinski definition) is 3. The lowest BCUT2D eigenvalue weighted by Gasteiger charge is -2.33. The van der Waals surface area contributed by atoms with E-state index in [2.05, 4.69) is 29.6 Å². The first kappa shape index (κ1) is 15.2. The van der Waals surface area contributed by atoms with E-state index in [1.807, 2.05) is 6.92 Å². The van der Waals surface area contributed by atoms with E-state index >= 15 is 0 Å². The van der Waals surface area contributed by atoms with Crippen LogP contribution in [-0.2, 0) is 4.74 Å². The van der Waals surface area contributed by atoms with E-state index in [0.29, 0.717) is 24.0 Å². The van der Waals surface area contributed by atoms with Crippen molar-refractivity contribution in [2.75, 3.05) is 13.7 Å². The maximum atomic E-state index is 5.50. The molecule has 0 aromatic rings. The van der Waals surface area contributed by atoms with Crippen LogP contribution in [0.3, 0.4) is 0 Å². The minimum atomic E-state index is 0.199. The normalized spacial score (nSPS) is 22.6. The molecule has 4 N–H and O–H groups in total. The van der Waals surface area contributed by atoms with Crippen molar-refractivity contribution in [2.24, 2.45) is 16.3 Å². The highest BCUT2D eigenvalue weighted by atomic mass is 16.5. The summed E-state index contributed by atoms with van der Waals surface area (Å²) in [4.78, 5) is 4.66. The van der Waals surface area contributed by atoms with Gasteiger partial charge in [-0.15, -0.1) is 0 Å². The van der Waals surface area contributed by atoms with Gasteiger partial charge in [-0.05, 0) is 38.0 Å². The van der Waals surface area contributed by atoms with Gasteiger partial charge in [0.15, 0.2) is 0 Å². The fraction of sp³-hybridized carbons (Fsp3) is 0.923. The van der Waals surface area contributed by atoms with E-state index in [-0.39, 0.29) is 6.04 Å². The molecule has 0 aromatic heterocycles. The molecule has 0 amide bonds. The van der Waals surface area contributed by atoms with Crippen LogP contribution in [-0.4, -0.2) is 31.8 Å². The Bertz CT molecular complexity index is 268. The predicted octanol–water partition coefficient (Wildman–Crippen LogP) is 1.40. The van der Waals surface area contributed by atoms with Gasteiger partial charge in [-0.3, -0.25) is 5.43 Å². The van der Waals surface area contributed by atoms with E-state index in [1.54, 1.807) is 7.11 Å². The van der Waals surface area contributed by atoms with E-state index < -0.39 is 0 Å². The SMILES string of the molecule is COCC(C)NC(=NC1CCC(C)(C)CC1)NN. The topological polar surface area (TPSA) is 71.7 Å². The molecule has 5 nitrogen and oxygen atoms in total. The van der Waals surface area contributed by atoms with Gasteiger partial charge in [0.05, 0.1) is 12.6 Å². The molecule has 1 saturated carbocycles. The van der Waals surface area contributed by atoms with Crippen LogP contribution in [0.15, 0.2) is 4.99 Å². The second kappa shape index (κ2) is 6.95. The molecule has 0 spiro atoms. The molecular weight excluding hydrogens is 228 g/mol. The molecular formula is C13H28N4O. The van der Waals surface area contributed by atoms with Crippen molar-refractivity contribution in [1.29, 1.82) is 0 Å². The molecule has 5 heteroatoms. The second-order valence-electron chi connectivity index (χ2n) is 6.02. The summed E-state index contributed by atoms with van der Waals surface area (Å²) in [6.45, 7) is 7.33. The second-order valence-corrected chi connectivity index (χ2v) is 6.02. The van der Waals surface area contributed by atoms with Crippen LogP contribution in [0, 0.1) is 5.41 Å². The molecule has 0 radical (unpaired) electrons. The van der Waals surface area contributed by atoms with Gasteiger partial charge in [-0.2, -0.15) is 0 Å². The van der Waals surface area contributed by atoms with Crippen molar-refractivity contribution in [3.8, 4) is 0 Å². The molecule has 0 heterocycles. The number of ether oxygens (including phenoxy) is 1. The summed E-state index contributed by atoms with van der Waals surface area (Å²) in [6.07, 6.45) is 4.73. The zero-order chi connectivity index (χ0) is 13.6. The summed E-state index contributed by atoms with van der Waals surface area (Å²) in [6, 6.07) is 0.580. The molecule has 1 unspecified atom stereocenters. The molecule has 0 saturated heterocycles. The Morgan fingerprint density at radius 1 is 1.44 bits per heavy atom. The van der Waals surface area contributed by atoms with Gasteiger partial charge in [0.25, 0.3) is 0 Å². The summed E-state index contributed by atoms with van der Waals surface area (Å²) in [7, 11) is 1.69. The van der Waals surface area contributed by atoms with Gasteiger partial charge < -0.3 is 10.1 Å². The number of hydrogen-bond donors (Lipinski definition) is 3. The largest absolute Gasteiger partial charge is 0.383 e. The molecule has 1 atom stereocenters. The summed E-state index contributed by atoms with van der Waals surface area (Å²) >= 11 is 0. The standard InChI is InChI=1S/C13H28N4O/c1-10(9-18-4)15-12(17-14)16-11-5-7-13(2,3)8-6-11/h10-11H,5-9,14H2,1-4H3,(H2,15,16,17). The third-order valence-corrected chi connectivity index (χ3v) is 3.56. The van der Waals surface area contributed by atoms with Crippen molar-refractivity contribution in [2.45, 2.75) is 58.5 Å². The lowest BCUT2D eigenvalue weighted by atomic mass is 9.76. The molecule has 1 aliphatic rings. The number of methoxy groups -OCH3 is 1. The van der Waals surface area contributed by atoms with Crippen LogP contribution in [0.5, 0.6) is 0 Å². The van der Waals surface area contributed by atoms with E-state index in [4.69, 9.17) is 10.6 Å². The van der Waals surface area contributed by atoms with E-state index in [1.165, 1.54) is 12.8 Å². The first-order valence-corrected chi connectivity index (χ1v) is 6.77. The molecule has 18 heavy (non-hydrogen) atoms. The molecule has 1 rings (SSSR count). The van der Waals surface area contributed by atoms with Crippen molar-refractivity contribution in [3.63, 3.8) is 0 Å². The number of nitrogens with one attached hydrogen (secondary N) is 2. The quantitative estimate of drug-likeness (QED) is 0.308. The Morgan fingerprint density at radius 3 is 2.56 bits per heavy atom. The van der Waals surface area contributed by atoms with Crippen LogP contribution in [0.1, 0.15) is 46.5 Å². The van der Waals surface area contributed by atoms with Gasteiger partial charge in [-0.25, -0.2) is 10.8 Å². The predicted molar refractivity (Wildman–Crippen MR) is 75.3 cm³/mol. The molecule has 1 aliphatic carbocycles. The van der Waals surface area contributed by atoms with Gasteiger partial charge in [0, 0.05) is 13.2 Å². The third-order valence-electron chi connectivity index (χ3n) is 3.56. The van der Waals surface area contributed by atoms with E-state index in [9.17, 15) is 0 Å². The summed E-state index contributed by atoms with van der Waals surface area (Å²) < 4.78 is 5.08. The van der Waals surface area contributed by atoms with Gasteiger partial charge in [0.1, 0.15) is 0 Å². The molecule has 0 bridgehead atoms. The Morgan fingerprint density at radius 2 is 2.06 bits per heavy atom. The van der Waals surface area contributed by atoms with Crippen LogP contribution in [0.4, 0.5) is 0 Å². The highest BCUT2D eigenvalue weighted by Gasteiger charge is 2.26. The van der Waals surface area contributed by atoms with Crippen LogP contribution in [0.2, 0.25) is 0 Å². The maximum absolute atomic E-state index is 5.50. The Labute approximate surface area is 111 Å². The Hall–Kier alpha value is -0.810. The number of aliphatic imine (C=N–C) groups is 1. The molecule has 0 aromatic carbocycles. The first-order chi connectivity index (χ1) is 8.46. The number of nitrogens with zero attached hydrogens (tertiary/aromatic N) is 1. The fourth-order valence-corrected chi connectivity index (χ4v) is 2.34. The van der Waals surface area contributed by atoms with Crippen molar-refractivity contribution >= 4 is 5.96 Å². The smallest absolute Gasteiger partial charge is 0.206 e. The monoisotopic (exact) mass is 256 g/mol. The lowest BCUT2D eigenvalue weighted by Crippen LogP contribution is -2.47. The number of hydrazine groups is 1. The molecule has 0 aliphatic heterocycles. The maximum Gasteiger partial charge on any atom is 0.206 e. The number of guanidine groups is 1. The third kappa shape index (κ3) is 5.23. The van der Waals surface area contributed by atoms with Gasteiger partial charge in [0.2, 0.25) is 5.96 Å². The Balaban J connectivity index is 2.47. The minimum absolute atomic E-state index is 0.199. The van der Waals surface area contributed by atoms with Gasteiger partial charge in [-0.1, -0.05) is 13.8 Å². The highest BCUT2D eigenvalue weighted by Crippen LogP contribution is 2.36. The number of rotatable bonds is 4.